The van der Waals surface area contributed by atoms with E-state index in [2.05, 4.69) is 147 Å². The van der Waals surface area contributed by atoms with Gasteiger partial charge in [-0.15, -0.1) is 0 Å². The molecule has 0 atom stereocenters. The number of esters is 1. The van der Waals surface area contributed by atoms with Crippen LogP contribution < -0.4 is 0 Å². The number of carbonyl (C=O) groups is 5. The van der Waals surface area contributed by atoms with Gasteiger partial charge in [-0.2, -0.15) is 66.4 Å². The number of ether oxygens (including phenoxy) is 14. The van der Waals surface area contributed by atoms with Crippen molar-refractivity contribution < 1.29 is 103 Å². The molecule has 0 amide bonds. The first-order chi connectivity index (χ1) is 59.2. The molecule has 0 N–H and O–H groups in total. The smallest absolute Gasteiger partial charge is 0.466 e. The highest BCUT2D eigenvalue weighted by atomic mass is 32.2. The molecule has 674 valence electrons. The van der Waals surface area contributed by atoms with Crippen LogP contribution in [0.25, 0.3) is 45.3 Å². The van der Waals surface area contributed by atoms with Crippen molar-refractivity contribution in [2.45, 2.75) is 139 Å². The van der Waals surface area contributed by atoms with Crippen molar-refractivity contribution in [1.29, 1.82) is 21.0 Å². The van der Waals surface area contributed by atoms with Gasteiger partial charge in [0.2, 0.25) is 27.2 Å². The molecule has 0 aliphatic heterocycles. The monoisotopic (exact) mass is 1760 g/mol. The average Bonchev–Trinajstić information content (AvgIpc) is 1.61. The second-order valence-corrected chi connectivity index (χ2v) is 32.8. The highest BCUT2D eigenvalue weighted by Gasteiger charge is 2.31. The highest BCUT2D eigenvalue weighted by Crippen LogP contribution is 2.36. The number of aryl methyl sites for hydroxylation is 8. The Hall–Kier alpha value is -13.5. The largest absolute Gasteiger partial charge is 0.511 e. The third kappa shape index (κ3) is 32.6. The van der Waals surface area contributed by atoms with E-state index in [0.717, 1.165) is 39.3 Å². The predicted octanol–water partition coefficient (Wildman–Crippen LogP) is 17.9. The van der Waals surface area contributed by atoms with Crippen molar-refractivity contribution in [3.63, 3.8) is 0 Å². The topological polar surface area (TPSA) is 381 Å². The summed E-state index contributed by atoms with van der Waals surface area (Å²) in [5.74, 6) is 0.755. The molecular formula is C91H109F3N12O19S. The first kappa shape index (κ1) is 103. The summed E-state index contributed by atoms with van der Waals surface area (Å²) in [5.41, 5.74) is 13.0. The lowest BCUT2D eigenvalue weighted by Crippen LogP contribution is -2.21. The predicted molar refractivity (Wildman–Crippen MR) is 464 cm³/mol. The Morgan fingerprint density at radius 1 is 0.365 bits per heavy atom. The molecule has 126 heavy (non-hydrogen) atoms. The summed E-state index contributed by atoms with van der Waals surface area (Å²) < 4.78 is 113. The molecule has 31 nitrogen and oxygen atoms in total. The summed E-state index contributed by atoms with van der Waals surface area (Å²) >= 11 is 1.56. The van der Waals surface area contributed by atoms with Crippen molar-refractivity contribution in [1.82, 2.24) is 39.1 Å². The summed E-state index contributed by atoms with van der Waals surface area (Å²) in [6.45, 7) is 28.6. The molecule has 4 heterocycles. The maximum Gasteiger partial charge on any atom is 0.511 e. The summed E-state index contributed by atoms with van der Waals surface area (Å²) in [6.07, 6.45) is -7.11. The number of benzene rings is 4. The molecule has 0 aliphatic rings. The van der Waals surface area contributed by atoms with Gasteiger partial charge in [-0.05, 0) is 124 Å². The molecule has 8 rings (SSSR count). The van der Waals surface area contributed by atoms with Crippen molar-refractivity contribution in [2.24, 2.45) is 28.2 Å². The van der Waals surface area contributed by atoms with Crippen LogP contribution in [0.5, 0.6) is 0 Å². The molecule has 0 radical (unpaired) electrons. The molecule has 0 saturated heterocycles. The van der Waals surface area contributed by atoms with Crippen LogP contribution in [-0.4, -0.2) is 162 Å². The number of alkyl halides is 3. The summed E-state index contributed by atoms with van der Waals surface area (Å²) in [7, 11) is 9.55. The molecule has 0 saturated carbocycles. The van der Waals surface area contributed by atoms with Crippen LogP contribution in [0.15, 0.2) is 121 Å². The van der Waals surface area contributed by atoms with Crippen molar-refractivity contribution in [2.75, 3.05) is 86.4 Å². The van der Waals surface area contributed by atoms with Crippen LogP contribution in [0.2, 0.25) is 0 Å². The van der Waals surface area contributed by atoms with E-state index in [1.54, 1.807) is 91.3 Å². The van der Waals surface area contributed by atoms with Gasteiger partial charge in [-0.25, -0.2) is 24.0 Å². The van der Waals surface area contributed by atoms with E-state index in [-0.39, 0.29) is 82.5 Å². The quantitative estimate of drug-likeness (QED) is 0.0105. The number of allylic oxidation sites excluding steroid dienone is 4. The Kier molecular flexibility index (Phi) is 39.2. The zero-order valence-corrected chi connectivity index (χ0v) is 76.1. The van der Waals surface area contributed by atoms with E-state index < -0.39 is 70.4 Å². The van der Waals surface area contributed by atoms with Gasteiger partial charge < -0.3 is 66.3 Å². The van der Waals surface area contributed by atoms with Gasteiger partial charge >= 0.3 is 36.8 Å². The number of hydrogen-bond donors (Lipinski definition) is 0. The molecule has 0 aliphatic carbocycles. The van der Waals surface area contributed by atoms with Gasteiger partial charge in [0.15, 0.2) is 36.3 Å². The number of rotatable bonds is 29. The molecule has 0 fully saturated rings. The van der Waals surface area contributed by atoms with Gasteiger partial charge in [0.05, 0.1) is 36.5 Å². The van der Waals surface area contributed by atoms with Crippen LogP contribution >= 0.6 is 11.8 Å². The van der Waals surface area contributed by atoms with Gasteiger partial charge in [-0.1, -0.05) is 180 Å². The van der Waals surface area contributed by atoms with E-state index in [1.807, 2.05) is 118 Å². The lowest BCUT2D eigenvalue weighted by Gasteiger charge is -2.19. The van der Waals surface area contributed by atoms with Crippen LogP contribution in [0.1, 0.15) is 173 Å². The molecule has 0 spiro atoms. The molecule has 8 aromatic rings. The number of nitrogens with zero attached hydrogens (tertiary/aromatic N) is 12. The third-order valence-corrected chi connectivity index (χ3v) is 18.5. The summed E-state index contributed by atoms with van der Waals surface area (Å²) in [6, 6.07) is 46.2. The third-order valence-electron chi connectivity index (χ3n) is 17.9. The Balaban J connectivity index is 0.000000298. The Labute approximate surface area is 736 Å². The number of aromatic nitrogens is 8. The number of carbonyl (C=O) groups excluding carboxylic acids is 5. The van der Waals surface area contributed by atoms with Gasteiger partial charge in [0.25, 0.3) is 0 Å². The normalized spacial score (nSPS) is 12.1. The second-order valence-electron chi connectivity index (χ2n) is 31.8. The van der Waals surface area contributed by atoms with Gasteiger partial charge in [-0.3, -0.25) is 18.7 Å². The fraction of sp³-hybridized carbons (Fsp3) is 0.418. The van der Waals surface area contributed by atoms with E-state index in [9.17, 15) is 58.2 Å². The second kappa shape index (κ2) is 47.9. The van der Waals surface area contributed by atoms with Crippen molar-refractivity contribution in [3.05, 3.63) is 211 Å². The van der Waals surface area contributed by atoms with Crippen molar-refractivity contribution >= 4 is 87.7 Å². The molecule has 0 unspecified atom stereocenters. The van der Waals surface area contributed by atoms with E-state index in [1.165, 1.54) is 18.9 Å². The SMILES string of the molecule is COC(=O)COC(=O)OCO/C(=C(/C#N)c1ccc(C(C)(C)C)cc1)c1cc(C)nn1C.COCCOC(=O)OCO/C(=C(/C#N)c1ccc(C(C)(C)C)cc1)c1cc(C)nn1C.CSCCOC(=O)OCO/C(=C(/C#N)c1ccc(C(C)(C)C)cc1)c1cc(C)nn1C.Cc1cc(/C(OCOC(=O)OCC(F)(F)F)=C(\C#N)c2ccc(C(C)(C)C)cc2)n(C)n1. The number of nitriles is 4. The molecule has 4 aromatic carbocycles. The van der Waals surface area contributed by atoms with E-state index >= 15 is 0 Å². The van der Waals surface area contributed by atoms with Gasteiger partial charge in [0, 0.05) is 41.1 Å². The minimum absolute atomic E-state index is 0.00197. The average molecular weight is 1760 g/mol. The minimum Gasteiger partial charge on any atom is -0.466 e. The highest BCUT2D eigenvalue weighted by molar-refractivity contribution is 7.98. The van der Waals surface area contributed by atoms with E-state index in [4.69, 9.17) is 47.4 Å². The molecule has 35 heteroatoms. The van der Waals surface area contributed by atoms with Crippen LogP contribution in [-0.2, 0) is 121 Å². The Bertz CT molecular complexity index is 5160. The van der Waals surface area contributed by atoms with Crippen molar-refractivity contribution in [3.8, 4) is 24.3 Å². The maximum absolute atomic E-state index is 12.2. The van der Waals surface area contributed by atoms with Gasteiger partial charge in [0.1, 0.15) is 82.6 Å². The summed E-state index contributed by atoms with van der Waals surface area (Å²) in [4.78, 5) is 57.5. The first-order valence-electron chi connectivity index (χ1n) is 39.1. The number of halogens is 3. The number of methoxy groups -OCH3 is 2. The molecule has 4 aromatic heterocycles. The summed E-state index contributed by atoms with van der Waals surface area (Å²) in [5, 5.41) is 56.8. The first-order valence-corrected chi connectivity index (χ1v) is 40.5. The standard InChI is InChI=1S/C23H27N3O6.C23H29N3O5.C23H29N3O4S.C22H24F3N3O4/c1-15-11-19(26(5)25-15)21(31-14-32-22(28)30-13-20(27)29-6)18(12-24)16-7-9-17(10-8-16)23(2,3)4;1-16-13-20(26(5)25-16)21(30-15-31-22(27)29-12-11-28-6)19(14-24)17-7-9-18(10-8-17)23(2,3)4;1-16-13-20(26(5)25-16)21(29-15-30-22(27)28-11-12-31-6)19(14-24)17-7-9-18(10-8-17)23(2,3)4;1-14-10-18(28(5)27-14)19(31-13-32-20(29)30-12-22(23,24)25)17(11-26)15-6-8-16(9-7-15)21(2,3)4/h7-11H,13-14H2,1-6H3;2*7-10,13H,11-12,15H2,1-6H3;6-10H,12-13H2,1-5H3/b21-18-;2*21-19-;19-17-. The van der Waals surface area contributed by atoms with Crippen LogP contribution in [0.4, 0.5) is 32.3 Å². The Morgan fingerprint density at radius 3 is 0.817 bits per heavy atom. The number of thioether (sulfide) groups is 1. The zero-order chi connectivity index (χ0) is 94.0. The fourth-order valence-electron chi connectivity index (χ4n) is 11.4. The fourth-order valence-corrected chi connectivity index (χ4v) is 11.6. The minimum atomic E-state index is -4.68. The lowest BCUT2D eigenvalue weighted by molar-refractivity contribution is -0.167. The van der Waals surface area contributed by atoms with Crippen LogP contribution in [0.3, 0.4) is 0 Å². The van der Waals surface area contributed by atoms with E-state index in [0.29, 0.717) is 67.6 Å². The van der Waals surface area contributed by atoms with Crippen LogP contribution in [0, 0.1) is 73.0 Å². The zero-order valence-electron chi connectivity index (χ0n) is 75.3. The Morgan fingerprint density at radius 2 is 0.611 bits per heavy atom. The molecule has 0 bridgehead atoms. The molecular weight excluding hydrogens is 1650 g/mol. The lowest BCUT2D eigenvalue weighted by atomic mass is 9.86. The maximum atomic E-state index is 12.2. The number of hydrogen-bond acceptors (Lipinski definition) is 28.